The van der Waals surface area contributed by atoms with Crippen LogP contribution in [0, 0.1) is 0 Å². The molecule has 0 aliphatic carbocycles. The van der Waals surface area contributed by atoms with Crippen molar-refractivity contribution < 1.29 is 47.8 Å². The number of esters is 3. The summed E-state index contributed by atoms with van der Waals surface area (Å²) in [7, 11) is 0. The van der Waals surface area contributed by atoms with Gasteiger partial charge in [0, 0.05) is 38.8 Å². The van der Waals surface area contributed by atoms with Crippen molar-refractivity contribution in [1.82, 2.24) is 21.3 Å². The average Bonchev–Trinajstić information content (AvgIpc) is 3.64. The van der Waals surface area contributed by atoms with Crippen LogP contribution < -0.4 is 44.2 Å². The fraction of sp³-hybridized carbons (Fsp3) is 0.894. The number of nitrogens with one attached hydrogen (secondary N) is 4. The van der Waals surface area contributed by atoms with Gasteiger partial charge in [-0.15, -0.1) is 0 Å². The van der Waals surface area contributed by atoms with Gasteiger partial charge in [-0.1, -0.05) is 207 Å². The van der Waals surface area contributed by atoms with Crippen LogP contribution >= 0.6 is 0 Å². The molecule has 12 N–H and O–H groups in total. The third-order valence-corrected chi connectivity index (χ3v) is 15.7. The quantitative estimate of drug-likeness (QED) is 0.0160. The van der Waals surface area contributed by atoms with Crippen LogP contribution in [-0.2, 0) is 47.8 Å². The van der Waals surface area contributed by atoms with Gasteiger partial charge >= 0.3 is 17.9 Å². The zero-order chi connectivity index (χ0) is 62.0. The van der Waals surface area contributed by atoms with Crippen molar-refractivity contribution in [3.05, 3.63) is 0 Å². The van der Waals surface area contributed by atoms with Gasteiger partial charge in [-0.3, -0.25) is 33.6 Å². The lowest BCUT2D eigenvalue weighted by atomic mass is 10.0. The lowest BCUT2D eigenvalue weighted by Gasteiger charge is -2.33. The topological polar surface area (TPSA) is 299 Å². The Kier molecular flexibility index (Phi) is 55.5. The van der Waals surface area contributed by atoms with Gasteiger partial charge in [0.15, 0.2) is 0 Å². The van der Waals surface area contributed by atoms with E-state index in [1.165, 1.54) is 96.3 Å². The van der Waals surface area contributed by atoms with Gasteiger partial charge in [-0.05, 0) is 90.1 Å². The van der Waals surface area contributed by atoms with Gasteiger partial charge in [0.2, 0.25) is 23.6 Å². The number of hydrogen-bond acceptors (Lipinski definition) is 14. The van der Waals surface area contributed by atoms with Gasteiger partial charge in [0.05, 0.1) is 12.1 Å². The minimum absolute atomic E-state index is 0.144. The van der Waals surface area contributed by atoms with Crippen LogP contribution in [-0.4, -0.2) is 111 Å². The zero-order valence-electron chi connectivity index (χ0n) is 53.9. The van der Waals surface area contributed by atoms with E-state index >= 15 is 0 Å². The molecule has 0 rings (SSSR count). The SMILES string of the molecule is CCCCCCCCCCCC(=O)OCC(COC(=O)CCCCCCCCCCC)(COC(=O)CCCCCCCCCCC)NC(=O)CCCCCCCNC(=O)C(CCCCNC(=O)C(N)CCCCN)NC(=O)C(N)CCCCN. The van der Waals surface area contributed by atoms with E-state index in [2.05, 4.69) is 42.0 Å². The Bertz CT molecular complexity index is 1550. The third kappa shape index (κ3) is 49.3. The van der Waals surface area contributed by atoms with Crippen molar-refractivity contribution in [2.45, 2.75) is 333 Å². The molecule has 0 aromatic heterocycles. The number of nitrogens with two attached hydrogens (primary N) is 4. The highest BCUT2D eigenvalue weighted by molar-refractivity contribution is 5.89. The Morgan fingerprint density at radius 2 is 0.667 bits per heavy atom. The lowest BCUT2D eigenvalue weighted by molar-refractivity contribution is -0.159. The second kappa shape index (κ2) is 58.2. The Labute approximate surface area is 510 Å². The van der Waals surface area contributed by atoms with Crippen molar-refractivity contribution in [2.75, 3.05) is 46.0 Å². The fourth-order valence-electron chi connectivity index (χ4n) is 10.1. The summed E-state index contributed by atoms with van der Waals surface area (Å²) in [6, 6.07) is -2.17. The molecule has 0 aliphatic rings. The molecule has 0 aromatic carbocycles. The number of carbonyl (C=O) groups excluding carboxylic acids is 7. The number of carbonyl (C=O) groups is 7. The van der Waals surface area contributed by atoms with E-state index in [0.29, 0.717) is 96.8 Å². The predicted molar refractivity (Wildman–Crippen MR) is 341 cm³/mol. The minimum Gasteiger partial charge on any atom is -0.463 e. The van der Waals surface area contributed by atoms with Crippen molar-refractivity contribution in [3.63, 3.8) is 0 Å². The highest BCUT2D eigenvalue weighted by Gasteiger charge is 2.37. The van der Waals surface area contributed by atoms with E-state index in [9.17, 15) is 33.6 Å². The predicted octanol–water partition coefficient (Wildman–Crippen LogP) is 11.4. The number of unbranched alkanes of at least 4 members (excludes halogenated alkanes) is 31. The molecule has 0 radical (unpaired) electrons. The van der Waals surface area contributed by atoms with E-state index < -0.39 is 47.5 Å². The second-order valence-electron chi connectivity index (χ2n) is 24.0. The van der Waals surface area contributed by atoms with Crippen LogP contribution in [0.25, 0.3) is 0 Å². The maximum Gasteiger partial charge on any atom is 0.305 e. The van der Waals surface area contributed by atoms with Crippen molar-refractivity contribution in [2.24, 2.45) is 22.9 Å². The monoisotopic (exact) mass is 1190 g/mol. The van der Waals surface area contributed by atoms with Gasteiger partial charge in [0.1, 0.15) is 31.4 Å². The Hall–Kier alpha value is -3.87. The zero-order valence-corrected chi connectivity index (χ0v) is 53.9. The molecule has 3 unspecified atom stereocenters. The smallest absolute Gasteiger partial charge is 0.305 e. The van der Waals surface area contributed by atoms with Crippen LogP contribution in [0.3, 0.4) is 0 Å². The van der Waals surface area contributed by atoms with Crippen LogP contribution in [0.4, 0.5) is 0 Å². The first kappa shape index (κ1) is 80.1. The molecule has 0 saturated carbocycles. The van der Waals surface area contributed by atoms with E-state index in [4.69, 9.17) is 37.1 Å². The van der Waals surface area contributed by atoms with Crippen molar-refractivity contribution >= 4 is 41.5 Å². The molecule has 0 saturated heterocycles. The molecule has 0 spiro atoms. The van der Waals surface area contributed by atoms with Gasteiger partial charge in [-0.2, -0.15) is 0 Å². The summed E-state index contributed by atoms with van der Waals surface area (Å²) in [5.41, 5.74) is 21.9. The summed E-state index contributed by atoms with van der Waals surface area (Å²) in [5.74, 6) is -2.50. The van der Waals surface area contributed by atoms with Crippen LogP contribution in [0.2, 0.25) is 0 Å². The summed E-state index contributed by atoms with van der Waals surface area (Å²) in [4.78, 5) is 92.6. The molecule has 0 bridgehead atoms. The molecule has 0 aliphatic heterocycles. The molecule has 84 heavy (non-hydrogen) atoms. The van der Waals surface area contributed by atoms with Gasteiger partial charge < -0.3 is 58.4 Å². The minimum atomic E-state index is -1.48. The van der Waals surface area contributed by atoms with E-state index in [1.807, 2.05) is 0 Å². The molecule has 492 valence electrons. The highest BCUT2D eigenvalue weighted by atomic mass is 16.6. The standard InChI is InChI=1S/C66H128N8O10/c1-4-7-10-13-16-19-22-27-32-46-60(76)82-53-66(54-83-61(77)47-33-28-23-20-17-14-11-8-5-2,55-84-62(78)48-34-29-24-21-18-15-12-9-6-3)74-59(75)45-31-26-25-30-40-51-72-65(81)58(73-64(80)57(70)43-36-39-50-68)44-37-41-52-71-63(79)56(69)42-35-38-49-67/h56-58H,4-55,67-70H2,1-3H3,(H,71,79)(H,72,81)(H,73,80)(H,74,75). The molecule has 18 nitrogen and oxygen atoms in total. The number of hydrogen-bond donors (Lipinski definition) is 8. The molecular formula is C66H128N8O10. The number of amides is 4. The summed E-state index contributed by atoms with van der Waals surface area (Å²) in [5, 5.41) is 11.7. The molecule has 0 fully saturated rings. The largest absolute Gasteiger partial charge is 0.463 e. The molecule has 3 atom stereocenters. The summed E-state index contributed by atoms with van der Waals surface area (Å²) in [6.07, 6.45) is 39.7. The van der Waals surface area contributed by atoms with Crippen LogP contribution in [0.15, 0.2) is 0 Å². The molecule has 18 heteroatoms. The summed E-state index contributed by atoms with van der Waals surface area (Å²) >= 11 is 0. The van der Waals surface area contributed by atoms with Crippen molar-refractivity contribution in [3.8, 4) is 0 Å². The van der Waals surface area contributed by atoms with E-state index in [0.717, 1.165) is 96.3 Å². The molecule has 4 amide bonds. The summed E-state index contributed by atoms with van der Waals surface area (Å²) < 4.78 is 17.6. The Morgan fingerprint density at radius 3 is 1.05 bits per heavy atom. The van der Waals surface area contributed by atoms with Gasteiger partial charge in [-0.25, -0.2) is 0 Å². The van der Waals surface area contributed by atoms with Crippen LogP contribution in [0.1, 0.15) is 310 Å². The first-order chi connectivity index (χ1) is 40.8. The summed E-state index contributed by atoms with van der Waals surface area (Å²) in [6.45, 7) is 7.54. The van der Waals surface area contributed by atoms with E-state index in [1.54, 1.807) is 0 Å². The number of ether oxygens (including phenoxy) is 3. The lowest BCUT2D eigenvalue weighted by Crippen LogP contribution is -2.59. The molecular weight excluding hydrogens is 1060 g/mol. The average molecular weight is 1190 g/mol. The third-order valence-electron chi connectivity index (χ3n) is 15.7. The second-order valence-corrected chi connectivity index (χ2v) is 24.0. The van der Waals surface area contributed by atoms with Crippen LogP contribution in [0.5, 0.6) is 0 Å². The Balaban J connectivity index is 5.75. The number of rotatable bonds is 62. The Morgan fingerprint density at radius 1 is 0.357 bits per heavy atom. The first-order valence-corrected chi connectivity index (χ1v) is 34.3. The normalized spacial score (nSPS) is 12.5. The maximum absolute atomic E-state index is 13.9. The first-order valence-electron chi connectivity index (χ1n) is 34.3. The van der Waals surface area contributed by atoms with E-state index in [-0.39, 0.29) is 63.2 Å². The van der Waals surface area contributed by atoms with Crippen molar-refractivity contribution in [1.29, 1.82) is 0 Å². The molecule has 0 aromatic rings. The molecule has 0 heterocycles. The fourth-order valence-corrected chi connectivity index (χ4v) is 10.1. The maximum atomic E-state index is 13.9. The highest BCUT2D eigenvalue weighted by Crippen LogP contribution is 2.18. The van der Waals surface area contributed by atoms with Gasteiger partial charge in [0.25, 0.3) is 0 Å².